The lowest BCUT2D eigenvalue weighted by Gasteiger charge is -2.35. The molecule has 0 spiro atoms. The minimum absolute atomic E-state index is 0.163. The van der Waals surface area contributed by atoms with Crippen LogP contribution in [0.1, 0.15) is 26.7 Å². The summed E-state index contributed by atoms with van der Waals surface area (Å²) in [4.78, 5) is 35.8. The molecule has 5 rings (SSSR count). The second kappa shape index (κ2) is 8.45. The zero-order chi connectivity index (χ0) is 22.1. The molecule has 3 heterocycles. The van der Waals surface area contributed by atoms with Crippen LogP contribution in [0.3, 0.4) is 0 Å². The second-order valence-electron chi connectivity index (χ2n) is 8.09. The Morgan fingerprint density at radius 3 is 2.38 bits per heavy atom. The fourth-order valence-corrected chi connectivity index (χ4v) is 4.31. The van der Waals surface area contributed by atoms with Crippen molar-refractivity contribution >= 4 is 17.5 Å². The van der Waals surface area contributed by atoms with Gasteiger partial charge in [-0.25, -0.2) is 9.37 Å². The lowest BCUT2D eigenvalue weighted by atomic mass is 10.2. The van der Waals surface area contributed by atoms with Gasteiger partial charge in [-0.05, 0) is 17.7 Å². The van der Waals surface area contributed by atoms with E-state index >= 15 is 0 Å². The number of benzene rings is 2. The number of hydrogen-bond donors (Lipinski definition) is 0. The summed E-state index contributed by atoms with van der Waals surface area (Å²) < 4.78 is 15.8. The van der Waals surface area contributed by atoms with E-state index in [4.69, 9.17) is 0 Å². The maximum atomic E-state index is 14.1. The SMILES string of the molecule is O=C(c1cn2c(n1)C(=O)N(Cc1ccccc1)CC2)N1CCN(c2ccccc2F)CC1. The van der Waals surface area contributed by atoms with E-state index < -0.39 is 0 Å². The molecule has 0 bridgehead atoms. The topological polar surface area (TPSA) is 61.7 Å². The molecule has 0 radical (unpaired) electrons. The molecule has 7 nitrogen and oxygen atoms in total. The van der Waals surface area contributed by atoms with E-state index in [1.807, 2.05) is 41.3 Å². The highest BCUT2D eigenvalue weighted by atomic mass is 19.1. The van der Waals surface area contributed by atoms with Crippen molar-refractivity contribution in [3.05, 3.63) is 83.7 Å². The van der Waals surface area contributed by atoms with Crippen molar-refractivity contribution in [1.82, 2.24) is 19.4 Å². The molecular weight excluding hydrogens is 409 g/mol. The summed E-state index contributed by atoms with van der Waals surface area (Å²) in [7, 11) is 0. The van der Waals surface area contributed by atoms with Gasteiger partial charge in [0.05, 0.1) is 5.69 Å². The first-order valence-electron chi connectivity index (χ1n) is 10.8. The first-order chi connectivity index (χ1) is 15.6. The standard InChI is InChI=1S/C24H24FN5O2/c25-19-8-4-5-9-21(19)27-10-12-28(13-11-27)23(31)20-17-29-14-15-30(24(32)22(29)26-20)16-18-6-2-1-3-7-18/h1-9,17H,10-16H2. The van der Waals surface area contributed by atoms with Gasteiger partial charge in [-0.3, -0.25) is 9.59 Å². The number of carbonyl (C=O) groups is 2. The van der Waals surface area contributed by atoms with Gasteiger partial charge in [0, 0.05) is 52.0 Å². The summed E-state index contributed by atoms with van der Waals surface area (Å²) in [6.45, 7) is 3.75. The Morgan fingerprint density at radius 2 is 1.62 bits per heavy atom. The molecule has 1 saturated heterocycles. The van der Waals surface area contributed by atoms with Crippen LogP contribution in [0.2, 0.25) is 0 Å². The summed E-state index contributed by atoms with van der Waals surface area (Å²) in [6, 6.07) is 16.5. The van der Waals surface area contributed by atoms with Gasteiger partial charge in [0.15, 0.2) is 5.82 Å². The summed E-state index contributed by atoms with van der Waals surface area (Å²) in [5.74, 6) is -0.306. The molecule has 2 aliphatic heterocycles. The molecule has 32 heavy (non-hydrogen) atoms. The maximum absolute atomic E-state index is 14.1. The van der Waals surface area contributed by atoms with E-state index in [1.54, 1.807) is 32.7 Å². The molecule has 2 aromatic carbocycles. The van der Waals surface area contributed by atoms with Crippen molar-refractivity contribution in [3.8, 4) is 0 Å². The Morgan fingerprint density at radius 1 is 0.906 bits per heavy atom. The largest absolute Gasteiger partial charge is 0.366 e. The molecule has 0 saturated carbocycles. The van der Waals surface area contributed by atoms with Crippen LogP contribution in [0.5, 0.6) is 0 Å². The quantitative estimate of drug-likeness (QED) is 0.635. The molecule has 1 fully saturated rings. The van der Waals surface area contributed by atoms with Crippen molar-refractivity contribution in [3.63, 3.8) is 0 Å². The lowest BCUT2D eigenvalue weighted by molar-refractivity contribution is 0.0683. The number of amides is 2. The minimum Gasteiger partial charge on any atom is -0.366 e. The summed E-state index contributed by atoms with van der Waals surface area (Å²) >= 11 is 0. The van der Waals surface area contributed by atoms with Crippen molar-refractivity contribution in [2.45, 2.75) is 13.1 Å². The van der Waals surface area contributed by atoms with Gasteiger partial charge in [-0.15, -0.1) is 0 Å². The lowest BCUT2D eigenvalue weighted by Crippen LogP contribution is -2.49. The van der Waals surface area contributed by atoms with Crippen LogP contribution in [0.4, 0.5) is 10.1 Å². The van der Waals surface area contributed by atoms with E-state index in [9.17, 15) is 14.0 Å². The smallest absolute Gasteiger partial charge is 0.290 e. The molecule has 8 heteroatoms. The molecule has 2 amide bonds. The van der Waals surface area contributed by atoms with Crippen LogP contribution < -0.4 is 4.90 Å². The Balaban J connectivity index is 1.25. The highest BCUT2D eigenvalue weighted by molar-refractivity contribution is 5.96. The molecule has 0 unspecified atom stereocenters. The minimum atomic E-state index is -0.257. The molecule has 2 aliphatic rings. The average molecular weight is 433 g/mol. The van der Waals surface area contributed by atoms with Crippen molar-refractivity contribution in [2.75, 3.05) is 37.6 Å². The second-order valence-corrected chi connectivity index (χ2v) is 8.09. The number of piperazine rings is 1. The summed E-state index contributed by atoms with van der Waals surface area (Å²) in [5, 5.41) is 0. The third-order valence-corrected chi connectivity index (χ3v) is 6.06. The van der Waals surface area contributed by atoms with Gasteiger partial charge >= 0.3 is 0 Å². The van der Waals surface area contributed by atoms with Crippen LogP contribution >= 0.6 is 0 Å². The normalized spacial score (nSPS) is 16.3. The zero-order valence-electron chi connectivity index (χ0n) is 17.7. The first kappa shape index (κ1) is 20.2. The third kappa shape index (κ3) is 3.84. The van der Waals surface area contributed by atoms with Crippen molar-refractivity contribution in [1.29, 1.82) is 0 Å². The summed E-state index contributed by atoms with van der Waals surface area (Å²) in [6.07, 6.45) is 1.68. The number of imidazole rings is 1. The van der Waals surface area contributed by atoms with Crippen LogP contribution in [0.25, 0.3) is 0 Å². The molecule has 1 aromatic heterocycles. The molecule has 0 atom stereocenters. The highest BCUT2D eigenvalue weighted by Crippen LogP contribution is 2.21. The van der Waals surface area contributed by atoms with E-state index in [-0.39, 0.29) is 23.3 Å². The van der Waals surface area contributed by atoms with Gasteiger partial charge in [0.1, 0.15) is 11.5 Å². The van der Waals surface area contributed by atoms with Crippen LogP contribution in [0, 0.1) is 5.82 Å². The molecule has 0 aliphatic carbocycles. The van der Waals surface area contributed by atoms with E-state index in [1.165, 1.54) is 6.07 Å². The first-order valence-corrected chi connectivity index (χ1v) is 10.8. The number of hydrogen-bond acceptors (Lipinski definition) is 4. The van der Waals surface area contributed by atoms with Crippen molar-refractivity contribution < 1.29 is 14.0 Å². The van der Waals surface area contributed by atoms with Crippen LogP contribution in [-0.2, 0) is 13.1 Å². The molecule has 164 valence electrons. The zero-order valence-corrected chi connectivity index (χ0v) is 17.7. The van der Waals surface area contributed by atoms with Gasteiger partial charge < -0.3 is 19.3 Å². The predicted octanol–water partition coefficient (Wildman–Crippen LogP) is 2.64. The number of halogens is 1. The monoisotopic (exact) mass is 433 g/mol. The van der Waals surface area contributed by atoms with Crippen molar-refractivity contribution in [2.24, 2.45) is 0 Å². The molecular formula is C24H24FN5O2. The number of nitrogens with zero attached hydrogens (tertiary/aromatic N) is 5. The Labute approximate surface area is 185 Å². The fourth-order valence-electron chi connectivity index (χ4n) is 4.31. The van der Waals surface area contributed by atoms with E-state index in [0.717, 1.165) is 5.56 Å². The van der Waals surface area contributed by atoms with E-state index in [2.05, 4.69) is 4.98 Å². The maximum Gasteiger partial charge on any atom is 0.290 e. The Bertz CT molecular complexity index is 1140. The third-order valence-electron chi connectivity index (χ3n) is 6.06. The predicted molar refractivity (Wildman–Crippen MR) is 118 cm³/mol. The number of anilines is 1. The number of carbonyl (C=O) groups excluding carboxylic acids is 2. The fraction of sp³-hybridized carbons (Fsp3) is 0.292. The molecule has 3 aromatic rings. The van der Waals surface area contributed by atoms with Crippen LogP contribution in [-0.4, -0.2) is 63.9 Å². The van der Waals surface area contributed by atoms with Crippen LogP contribution in [0.15, 0.2) is 60.8 Å². The average Bonchev–Trinajstić information content (AvgIpc) is 3.27. The van der Waals surface area contributed by atoms with Gasteiger partial charge in [-0.1, -0.05) is 42.5 Å². The van der Waals surface area contributed by atoms with Gasteiger partial charge in [0.2, 0.25) is 0 Å². The Hall–Kier alpha value is -3.68. The number of para-hydroxylation sites is 1. The Kier molecular flexibility index (Phi) is 5.34. The number of aromatic nitrogens is 2. The van der Waals surface area contributed by atoms with Gasteiger partial charge in [-0.2, -0.15) is 0 Å². The number of rotatable bonds is 4. The molecule has 0 N–H and O–H groups in total. The highest BCUT2D eigenvalue weighted by Gasteiger charge is 2.31. The van der Waals surface area contributed by atoms with E-state index in [0.29, 0.717) is 57.3 Å². The summed E-state index contributed by atoms with van der Waals surface area (Å²) in [5.41, 5.74) is 1.90. The number of fused-ring (bicyclic) bond motifs is 1. The van der Waals surface area contributed by atoms with Gasteiger partial charge in [0.25, 0.3) is 11.8 Å².